The number of hydrazone groups is 1. The minimum absolute atomic E-state index is 0.201. The van der Waals surface area contributed by atoms with E-state index < -0.39 is 0 Å². The van der Waals surface area contributed by atoms with Crippen LogP contribution < -0.4 is 10.2 Å². The molecular weight excluding hydrogens is 366 g/mol. The average Bonchev–Trinajstić information content (AvgIpc) is 3.22. The Kier molecular flexibility index (Phi) is 5.88. The Labute approximate surface area is 161 Å². The van der Waals surface area contributed by atoms with Gasteiger partial charge in [-0.1, -0.05) is 47.1 Å². The molecule has 0 saturated heterocycles. The molecule has 3 aromatic rings. The lowest BCUT2D eigenvalue weighted by Gasteiger charge is -2.11. The van der Waals surface area contributed by atoms with Crippen LogP contribution in [-0.4, -0.2) is 23.4 Å². The largest absolute Gasteiger partial charge is 0.483 e. The summed E-state index contributed by atoms with van der Waals surface area (Å²) in [6.45, 7) is 3.47. The van der Waals surface area contributed by atoms with Gasteiger partial charge >= 0.3 is 0 Å². The minimum Gasteiger partial charge on any atom is -0.483 e. The summed E-state index contributed by atoms with van der Waals surface area (Å²) in [5, 5.41) is 8.36. The fourth-order valence-corrected chi connectivity index (χ4v) is 2.55. The molecule has 0 bridgehead atoms. The van der Waals surface area contributed by atoms with Crippen LogP contribution in [0.15, 0.2) is 64.4 Å². The highest BCUT2D eigenvalue weighted by molar-refractivity contribution is 6.31. The van der Waals surface area contributed by atoms with Crippen molar-refractivity contribution in [1.82, 2.24) is 10.6 Å². The number of hydrogen-bond acceptors (Lipinski definition) is 5. The standard InChI is InChI=1S/C20H18ClN3O3/c1-13-10-19(16(11-17(13)21)18-8-9-22-27-18)26-12-20(25)24-23-14(2)15-6-4-3-5-7-15/h3-11H,12H2,1-2H3,(H,24,25)/b23-14-. The molecule has 0 aliphatic rings. The molecule has 0 unspecified atom stereocenters. The molecule has 3 rings (SSSR count). The third kappa shape index (κ3) is 4.74. The van der Waals surface area contributed by atoms with Crippen LogP contribution in [0.1, 0.15) is 18.1 Å². The van der Waals surface area contributed by atoms with Gasteiger partial charge in [0.15, 0.2) is 12.4 Å². The highest BCUT2D eigenvalue weighted by atomic mass is 35.5. The second-order valence-electron chi connectivity index (χ2n) is 5.86. The van der Waals surface area contributed by atoms with E-state index in [0.29, 0.717) is 27.8 Å². The average molecular weight is 384 g/mol. The first kappa shape index (κ1) is 18.7. The van der Waals surface area contributed by atoms with E-state index >= 15 is 0 Å². The maximum Gasteiger partial charge on any atom is 0.277 e. The predicted octanol–water partition coefficient (Wildman–Crippen LogP) is 4.22. The van der Waals surface area contributed by atoms with Crippen molar-refractivity contribution in [1.29, 1.82) is 0 Å². The Morgan fingerprint density at radius 3 is 2.74 bits per heavy atom. The lowest BCUT2D eigenvalue weighted by Crippen LogP contribution is -2.25. The lowest BCUT2D eigenvalue weighted by molar-refractivity contribution is -0.123. The molecule has 0 aliphatic heterocycles. The maximum absolute atomic E-state index is 12.1. The van der Waals surface area contributed by atoms with E-state index in [-0.39, 0.29) is 12.5 Å². The van der Waals surface area contributed by atoms with Crippen molar-refractivity contribution < 1.29 is 14.1 Å². The van der Waals surface area contributed by atoms with Gasteiger partial charge in [-0.05, 0) is 37.1 Å². The van der Waals surface area contributed by atoms with Gasteiger partial charge in [0.05, 0.1) is 17.5 Å². The molecular formula is C20H18ClN3O3. The van der Waals surface area contributed by atoms with E-state index in [4.69, 9.17) is 20.9 Å². The fourth-order valence-electron chi connectivity index (χ4n) is 2.39. The zero-order valence-electron chi connectivity index (χ0n) is 14.9. The van der Waals surface area contributed by atoms with Gasteiger partial charge in [-0.25, -0.2) is 5.43 Å². The number of hydrogen-bond donors (Lipinski definition) is 1. The maximum atomic E-state index is 12.1. The van der Waals surface area contributed by atoms with Gasteiger partial charge in [-0.2, -0.15) is 5.10 Å². The number of carbonyl (C=O) groups excluding carboxylic acids is 1. The number of aromatic nitrogens is 1. The number of amides is 1. The molecule has 0 fully saturated rings. The van der Waals surface area contributed by atoms with Gasteiger partial charge in [-0.3, -0.25) is 4.79 Å². The third-order valence-corrected chi connectivity index (χ3v) is 4.27. The molecule has 1 aromatic heterocycles. The van der Waals surface area contributed by atoms with Gasteiger partial charge < -0.3 is 9.26 Å². The Balaban J connectivity index is 1.68. The van der Waals surface area contributed by atoms with Crippen molar-refractivity contribution >= 4 is 23.2 Å². The molecule has 1 heterocycles. The Bertz CT molecular complexity index is 954. The van der Waals surface area contributed by atoms with Crippen molar-refractivity contribution in [3.05, 3.63) is 70.9 Å². The molecule has 0 radical (unpaired) electrons. The second kappa shape index (κ2) is 8.51. The SMILES string of the molecule is C/C(=N/NC(=O)COc1cc(C)c(Cl)cc1-c1ccno1)c1ccccc1. The fraction of sp³-hybridized carbons (Fsp3) is 0.150. The summed E-state index contributed by atoms with van der Waals surface area (Å²) < 4.78 is 10.8. The quantitative estimate of drug-likeness (QED) is 0.510. The molecule has 27 heavy (non-hydrogen) atoms. The van der Waals surface area contributed by atoms with E-state index in [9.17, 15) is 4.79 Å². The monoisotopic (exact) mass is 383 g/mol. The van der Waals surface area contributed by atoms with E-state index in [2.05, 4.69) is 15.7 Å². The third-order valence-electron chi connectivity index (χ3n) is 3.86. The number of ether oxygens (including phenoxy) is 1. The van der Waals surface area contributed by atoms with Crippen LogP contribution in [0.2, 0.25) is 5.02 Å². The number of carbonyl (C=O) groups is 1. The van der Waals surface area contributed by atoms with Gasteiger partial charge in [0.1, 0.15) is 5.75 Å². The Morgan fingerprint density at radius 1 is 1.26 bits per heavy atom. The van der Waals surface area contributed by atoms with Crippen LogP contribution in [0, 0.1) is 6.92 Å². The molecule has 6 nitrogen and oxygen atoms in total. The highest BCUT2D eigenvalue weighted by Crippen LogP contribution is 2.34. The zero-order valence-corrected chi connectivity index (χ0v) is 15.7. The van der Waals surface area contributed by atoms with Crippen molar-refractivity contribution in [2.75, 3.05) is 6.61 Å². The molecule has 2 aromatic carbocycles. The number of rotatable bonds is 6. The van der Waals surface area contributed by atoms with Crippen molar-refractivity contribution in [3.8, 4) is 17.1 Å². The molecule has 1 N–H and O–H groups in total. The highest BCUT2D eigenvalue weighted by Gasteiger charge is 2.14. The molecule has 0 saturated carbocycles. The molecule has 1 amide bonds. The van der Waals surface area contributed by atoms with E-state index in [1.165, 1.54) is 6.20 Å². The molecule has 0 aliphatic carbocycles. The normalized spacial score (nSPS) is 11.3. The molecule has 7 heteroatoms. The number of benzene rings is 2. The first-order valence-corrected chi connectivity index (χ1v) is 8.65. The van der Waals surface area contributed by atoms with Crippen LogP contribution in [0.4, 0.5) is 0 Å². The van der Waals surface area contributed by atoms with Crippen molar-refractivity contribution in [3.63, 3.8) is 0 Å². The molecule has 0 spiro atoms. The van der Waals surface area contributed by atoms with Gasteiger partial charge in [0.25, 0.3) is 5.91 Å². The van der Waals surface area contributed by atoms with Crippen LogP contribution in [-0.2, 0) is 4.79 Å². The second-order valence-corrected chi connectivity index (χ2v) is 6.27. The Hall–Kier alpha value is -3.12. The van der Waals surface area contributed by atoms with E-state index in [0.717, 1.165) is 11.1 Å². The van der Waals surface area contributed by atoms with Crippen LogP contribution in [0.5, 0.6) is 5.75 Å². The van der Waals surface area contributed by atoms with Gasteiger partial charge in [0.2, 0.25) is 0 Å². The number of nitrogens with one attached hydrogen (secondary N) is 1. The van der Waals surface area contributed by atoms with Crippen LogP contribution in [0.25, 0.3) is 11.3 Å². The predicted molar refractivity (Wildman–Crippen MR) is 104 cm³/mol. The zero-order chi connectivity index (χ0) is 19.2. The van der Waals surface area contributed by atoms with Gasteiger partial charge in [-0.15, -0.1) is 0 Å². The first-order chi connectivity index (χ1) is 13.0. The summed E-state index contributed by atoms with van der Waals surface area (Å²) in [5.41, 5.74) is 5.58. The number of nitrogens with zero attached hydrogens (tertiary/aromatic N) is 2. The Morgan fingerprint density at radius 2 is 2.04 bits per heavy atom. The van der Waals surface area contributed by atoms with Crippen molar-refractivity contribution in [2.45, 2.75) is 13.8 Å². The van der Waals surface area contributed by atoms with Gasteiger partial charge in [0, 0.05) is 11.1 Å². The van der Waals surface area contributed by atoms with E-state index in [1.807, 2.05) is 44.2 Å². The van der Waals surface area contributed by atoms with Crippen LogP contribution in [0.3, 0.4) is 0 Å². The summed E-state index contributed by atoms with van der Waals surface area (Å²) >= 11 is 6.19. The first-order valence-electron chi connectivity index (χ1n) is 8.27. The molecule has 138 valence electrons. The topological polar surface area (TPSA) is 76.7 Å². The summed E-state index contributed by atoms with van der Waals surface area (Å²) in [4.78, 5) is 12.1. The smallest absolute Gasteiger partial charge is 0.277 e. The minimum atomic E-state index is -0.374. The van der Waals surface area contributed by atoms with Crippen molar-refractivity contribution in [2.24, 2.45) is 5.10 Å². The summed E-state index contributed by atoms with van der Waals surface area (Å²) in [7, 11) is 0. The number of aryl methyl sites for hydroxylation is 1. The number of halogens is 1. The summed E-state index contributed by atoms with van der Waals surface area (Å²) in [6, 6.07) is 14.8. The lowest BCUT2D eigenvalue weighted by atomic mass is 10.1. The van der Waals surface area contributed by atoms with Crippen LogP contribution >= 0.6 is 11.6 Å². The summed E-state index contributed by atoms with van der Waals surface area (Å²) in [5.74, 6) is 0.610. The molecule has 0 atom stereocenters. The van der Waals surface area contributed by atoms with E-state index in [1.54, 1.807) is 18.2 Å². The summed E-state index contributed by atoms with van der Waals surface area (Å²) in [6.07, 6.45) is 1.53.